The van der Waals surface area contributed by atoms with E-state index in [-0.39, 0.29) is 5.78 Å². The van der Waals surface area contributed by atoms with E-state index in [2.05, 4.69) is 0 Å². The number of benzene rings is 3. The van der Waals surface area contributed by atoms with Gasteiger partial charge in [0.15, 0.2) is 5.78 Å². The first kappa shape index (κ1) is 13.8. The minimum Gasteiger partial charge on any atom is -0.460 e. The molecular weight excluding hydrogens is 284 g/mol. The Kier molecular flexibility index (Phi) is 3.23. The van der Waals surface area contributed by atoms with E-state index < -0.39 is 0 Å². The largest absolute Gasteiger partial charge is 0.460 e. The van der Waals surface area contributed by atoms with Crippen molar-refractivity contribution >= 4 is 27.5 Å². The van der Waals surface area contributed by atoms with Crippen LogP contribution < -0.4 is 0 Å². The molecule has 2 heteroatoms. The third kappa shape index (κ3) is 2.15. The summed E-state index contributed by atoms with van der Waals surface area (Å²) in [5, 5.41) is 2.94. The molecule has 23 heavy (non-hydrogen) atoms. The summed E-state index contributed by atoms with van der Waals surface area (Å²) < 4.78 is 5.88. The van der Waals surface area contributed by atoms with Crippen molar-refractivity contribution in [2.24, 2.45) is 0 Å². The van der Waals surface area contributed by atoms with Crippen molar-refractivity contribution in [3.63, 3.8) is 0 Å². The smallest absolute Gasteiger partial charge is 0.197 e. The second-order valence-corrected chi connectivity index (χ2v) is 5.61. The minimum atomic E-state index is 0.0311. The normalized spacial score (nSPS) is 11.2. The minimum absolute atomic E-state index is 0.0311. The number of carbonyl (C=O) groups is 1. The number of para-hydroxylation sites is 1. The molecular formula is C21H16O2. The van der Waals surface area contributed by atoms with Crippen molar-refractivity contribution < 1.29 is 9.21 Å². The highest BCUT2D eigenvalue weighted by atomic mass is 16.3. The lowest BCUT2D eigenvalue weighted by molar-refractivity contribution is 0.104. The van der Waals surface area contributed by atoms with Crippen molar-refractivity contribution in [3.05, 3.63) is 83.6 Å². The van der Waals surface area contributed by atoms with Crippen LogP contribution in [0.15, 0.2) is 71.1 Å². The van der Waals surface area contributed by atoms with Gasteiger partial charge in [0, 0.05) is 17.4 Å². The van der Waals surface area contributed by atoms with Gasteiger partial charge in [-0.2, -0.15) is 0 Å². The summed E-state index contributed by atoms with van der Waals surface area (Å²) in [6.45, 7) is 2.01. The molecule has 0 aliphatic heterocycles. The van der Waals surface area contributed by atoms with Crippen LogP contribution in [-0.4, -0.2) is 5.78 Å². The summed E-state index contributed by atoms with van der Waals surface area (Å²) in [7, 11) is 0. The fraction of sp³-hybridized carbons (Fsp3) is 0.0952. The van der Waals surface area contributed by atoms with E-state index in [9.17, 15) is 4.79 Å². The van der Waals surface area contributed by atoms with Crippen LogP contribution >= 0.6 is 0 Å². The molecule has 0 fully saturated rings. The summed E-state index contributed by atoms with van der Waals surface area (Å²) in [6.07, 6.45) is 0.695. The maximum Gasteiger partial charge on any atom is 0.197 e. The molecule has 0 radical (unpaired) electrons. The lowest BCUT2D eigenvalue weighted by Gasteiger charge is -2.06. The van der Waals surface area contributed by atoms with Gasteiger partial charge in [0.2, 0.25) is 0 Å². The van der Waals surface area contributed by atoms with E-state index >= 15 is 0 Å². The third-order valence-corrected chi connectivity index (χ3v) is 4.25. The maximum atomic E-state index is 13.3. The molecule has 0 aliphatic carbocycles. The molecule has 0 unspecified atom stereocenters. The number of carbonyl (C=O) groups excluding carboxylic acids is 1. The average molecular weight is 300 g/mol. The summed E-state index contributed by atoms with van der Waals surface area (Å²) in [6, 6.07) is 21.6. The van der Waals surface area contributed by atoms with Gasteiger partial charge in [0.25, 0.3) is 0 Å². The van der Waals surface area contributed by atoms with Crippen LogP contribution in [0.3, 0.4) is 0 Å². The van der Waals surface area contributed by atoms with Gasteiger partial charge < -0.3 is 4.42 Å². The molecule has 0 spiro atoms. The Bertz CT molecular complexity index is 1020. The summed E-state index contributed by atoms with van der Waals surface area (Å²) in [4.78, 5) is 13.3. The van der Waals surface area contributed by atoms with Gasteiger partial charge in [-0.3, -0.25) is 4.79 Å². The Hall–Kier alpha value is -2.87. The molecule has 3 aromatic carbocycles. The van der Waals surface area contributed by atoms with Gasteiger partial charge >= 0.3 is 0 Å². The zero-order valence-corrected chi connectivity index (χ0v) is 12.9. The topological polar surface area (TPSA) is 30.2 Å². The molecule has 0 amide bonds. The Morgan fingerprint density at radius 3 is 2.39 bits per heavy atom. The molecule has 112 valence electrons. The van der Waals surface area contributed by atoms with Gasteiger partial charge in [-0.1, -0.05) is 67.6 Å². The molecule has 0 saturated heterocycles. The van der Waals surface area contributed by atoms with Crippen LogP contribution in [-0.2, 0) is 6.42 Å². The van der Waals surface area contributed by atoms with Gasteiger partial charge in [-0.15, -0.1) is 0 Å². The van der Waals surface area contributed by atoms with Crippen LogP contribution in [0.1, 0.15) is 28.6 Å². The lowest BCUT2D eigenvalue weighted by atomic mass is 9.95. The number of ketones is 1. The molecule has 4 aromatic rings. The van der Waals surface area contributed by atoms with E-state index in [1.54, 1.807) is 0 Å². The van der Waals surface area contributed by atoms with Gasteiger partial charge in [-0.25, -0.2) is 0 Å². The highest BCUT2D eigenvalue weighted by molar-refractivity contribution is 6.21. The number of fused-ring (bicyclic) bond motifs is 2. The third-order valence-electron chi connectivity index (χ3n) is 4.25. The standard InChI is InChI=1S/C21H16O2/c1-2-18-20(17-11-5-6-13-19(17)23-18)21(22)16-12-7-9-14-8-3-4-10-15(14)16/h3-13H,2H2,1H3. The summed E-state index contributed by atoms with van der Waals surface area (Å²) in [5.41, 5.74) is 2.19. The highest BCUT2D eigenvalue weighted by Crippen LogP contribution is 2.30. The van der Waals surface area contributed by atoms with Crippen molar-refractivity contribution in [3.8, 4) is 0 Å². The van der Waals surface area contributed by atoms with E-state index in [0.717, 1.165) is 33.1 Å². The molecule has 1 heterocycles. The Balaban J connectivity index is 1.99. The monoisotopic (exact) mass is 300 g/mol. The SMILES string of the molecule is CCc1oc2ccccc2c1C(=O)c1cccc2ccccc12. The van der Waals surface area contributed by atoms with E-state index in [4.69, 9.17) is 4.42 Å². The molecule has 4 rings (SSSR count). The van der Waals surface area contributed by atoms with Crippen molar-refractivity contribution in [1.29, 1.82) is 0 Å². The first-order chi connectivity index (χ1) is 11.3. The Morgan fingerprint density at radius 1 is 0.870 bits per heavy atom. The molecule has 0 saturated carbocycles. The first-order valence-corrected chi connectivity index (χ1v) is 7.82. The number of hydrogen-bond acceptors (Lipinski definition) is 2. The molecule has 0 aliphatic rings. The second-order valence-electron chi connectivity index (χ2n) is 5.61. The quantitative estimate of drug-likeness (QED) is 0.475. The van der Waals surface area contributed by atoms with Crippen LogP contribution in [0.4, 0.5) is 0 Å². The van der Waals surface area contributed by atoms with Crippen LogP contribution in [0.2, 0.25) is 0 Å². The highest BCUT2D eigenvalue weighted by Gasteiger charge is 2.22. The fourth-order valence-electron chi connectivity index (χ4n) is 3.15. The predicted molar refractivity (Wildman–Crippen MR) is 93.0 cm³/mol. The van der Waals surface area contributed by atoms with E-state index in [1.165, 1.54) is 0 Å². The maximum absolute atomic E-state index is 13.3. The first-order valence-electron chi connectivity index (χ1n) is 7.82. The zero-order valence-electron chi connectivity index (χ0n) is 12.9. The fourth-order valence-corrected chi connectivity index (χ4v) is 3.15. The van der Waals surface area contributed by atoms with Gasteiger partial charge in [0.05, 0.1) is 5.56 Å². The van der Waals surface area contributed by atoms with E-state index in [1.807, 2.05) is 73.7 Å². The number of rotatable bonds is 3. The average Bonchev–Trinajstić information content (AvgIpc) is 2.99. The summed E-state index contributed by atoms with van der Waals surface area (Å²) >= 11 is 0. The molecule has 2 nitrogen and oxygen atoms in total. The van der Waals surface area contributed by atoms with Crippen molar-refractivity contribution in [2.45, 2.75) is 13.3 Å². The van der Waals surface area contributed by atoms with Gasteiger partial charge in [-0.05, 0) is 16.8 Å². The number of aryl methyl sites for hydroxylation is 1. The lowest BCUT2D eigenvalue weighted by Crippen LogP contribution is -2.04. The van der Waals surface area contributed by atoms with Crippen LogP contribution in [0, 0.1) is 0 Å². The molecule has 0 atom stereocenters. The van der Waals surface area contributed by atoms with Crippen molar-refractivity contribution in [1.82, 2.24) is 0 Å². The molecule has 0 bridgehead atoms. The van der Waals surface area contributed by atoms with Gasteiger partial charge in [0.1, 0.15) is 11.3 Å². The van der Waals surface area contributed by atoms with Crippen LogP contribution in [0.25, 0.3) is 21.7 Å². The number of hydrogen-bond donors (Lipinski definition) is 0. The summed E-state index contributed by atoms with van der Waals surface area (Å²) in [5.74, 6) is 0.785. The van der Waals surface area contributed by atoms with Crippen LogP contribution in [0.5, 0.6) is 0 Å². The van der Waals surface area contributed by atoms with Crippen molar-refractivity contribution in [2.75, 3.05) is 0 Å². The molecule has 0 N–H and O–H groups in total. The molecule has 1 aromatic heterocycles. The predicted octanol–water partition coefficient (Wildman–Crippen LogP) is 5.38. The zero-order chi connectivity index (χ0) is 15.8. The Morgan fingerprint density at radius 2 is 1.57 bits per heavy atom. The second kappa shape index (κ2) is 5.40. The van der Waals surface area contributed by atoms with E-state index in [0.29, 0.717) is 12.0 Å². The Labute approximate surface area is 134 Å². The number of furan rings is 1.